The van der Waals surface area contributed by atoms with E-state index in [-0.39, 0.29) is 19.1 Å². The first-order valence-corrected chi connectivity index (χ1v) is 8.84. The van der Waals surface area contributed by atoms with Crippen LogP contribution in [0.3, 0.4) is 0 Å². The lowest BCUT2D eigenvalue weighted by atomic mass is 10.0. The Morgan fingerprint density at radius 2 is 1.85 bits per heavy atom. The van der Waals surface area contributed by atoms with Gasteiger partial charge in [0, 0.05) is 12.1 Å². The lowest BCUT2D eigenvalue weighted by Gasteiger charge is -2.17. The minimum atomic E-state index is -0.928. The molecule has 27 heavy (non-hydrogen) atoms. The number of aliphatic hydroxyl groups is 1. The molecule has 0 aromatic heterocycles. The summed E-state index contributed by atoms with van der Waals surface area (Å²) in [6.45, 7) is 4.11. The van der Waals surface area contributed by atoms with Crippen LogP contribution in [0.2, 0.25) is 0 Å². The number of aliphatic hydroxyl groups excluding tert-OH is 1. The highest BCUT2D eigenvalue weighted by atomic mass is 16.5. The number of nitrogens with one attached hydrogen (secondary N) is 1. The van der Waals surface area contributed by atoms with Gasteiger partial charge in [-0.05, 0) is 41.8 Å². The maximum absolute atomic E-state index is 12.0. The molecule has 146 valence electrons. The van der Waals surface area contributed by atoms with Gasteiger partial charge in [0.05, 0.1) is 20.3 Å². The number of carbonyl (C=O) groups excluding carboxylic acids is 1. The predicted octanol–water partition coefficient (Wildman–Crippen LogP) is 3.06. The van der Waals surface area contributed by atoms with Gasteiger partial charge in [-0.3, -0.25) is 4.79 Å². The van der Waals surface area contributed by atoms with E-state index in [2.05, 4.69) is 19.2 Å². The van der Waals surface area contributed by atoms with E-state index in [4.69, 9.17) is 14.2 Å². The van der Waals surface area contributed by atoms with Gasteiger partial charge in [-0.2, -0.15) is 0 Å². The summed E-state index contributed by atoms with van der Waals surface area (Å²) in [4.78, 5) is 12.0. The number of methoxy groups -OCH3 is 2. The number of ether oxygens (including phenoxy) is 3. The fourth-order valence-electron chi connectivity index (χ4n) is 2.58. The summed E-state index contributed by atoms with van der Waals surface area (Å²) in [5.74, 6) is 1.84. The number of amides is 1. The first-order chi connectivity index (χ1) is 12.9. The molecule has 0 aliphatic carbocycles. The SMILES string of the molecule is COc1ccc(OC)c(C(O)CNC(=O)COc2cccc(C(C)C)c2)c1. The van der Waals surface area contributed by atoms with Gasteiger partial charge in [-0.1, -0.05) is 26.0 Å². The van der Waals surface area contributed by atoms with E-state index in [1.807, 2.05) is 24.3 Å². The van der Waals surface area contributed by atoms with Crippen LogP contribution in [-0.2, 0) is 4.79 Å². The first-order valence-electron chi connectivity index (χ1n) is 8.84. The van der Waals surface area contributed by atoms with E-state index < -0.39 is 6.10 Å². The van der Waals surface area contributed by atoms with Gasteiger partial charge in [0.25, 0.3) is 5.91 Å². The minimum absolute atomic E-state index is 0.0394. The van der Waals surface area contributed by atoms with Gasteiger partial charge in [0.2, 0.25) is 0 Å². The molecule has 2 aromatic rings. The third kappa shape index (κ3) is 5.89. The third-order valence-electron chi connectivity index (χ3n) is 4.18. The van der Waals surface area contributed by atoms with Crippen LogP contribution in [0, 0.1) is 0 Å². The predicted molar refractivity (Wildman–Crippen MR) is 104 cm³/mol. The molecule has 0 spiro atoms. The van der Waals surface area contributed by atoms with E-state index in [0.29, 0.717) is 28.7 Å². The van der Waals surface area contributed by atoms with E-state index >= 15 is 0 Å². The highest BCUT2D eigenvalue weighted by Gasteiger charge is 2.16. The molecule has 2 N–H and O–H groups in total. The Morgan fingerprint density at radius 1 is 1.07 bits per heavy atom. The Balaban J connectivity index is 1.89. The van der Waals surface area contributed by atoms with Crippen molar-refractivity contribution in [1.82, 2.24) is 5.32 Å². The van der Waals surface area contributed by atoms with Gasteiger partial charge in [-0.25, -0.2) is 0 Å². The Kier molecular flexibility index (Phi) is 7.49. The van der Waals surface area contributed by atoms with Crippen molar-refractivity contribution < 1.29 is 24.1 Å². The van der Waals surface area contributed by atoms with Crippen LogP contribution in [0.1, 0.15) is 37.0 Å². The second-order valence-corrected chi connectivity index (χ2v) is 6.44. The second kappa shape index (κ2) is 9.83. The Labute approximate surface area is 160 Å². The zero-order valence-electron chi connectivity index (χ0n) is 16.2. The van der Waals surface area contributed by atoms with Crippen molar-refractivity contribution >= 4 is 5.91 Å². The molecule has 0 saturated carbocycles. The fraction of sp³-hybridized carbons (Fsp3) is 0.381. The lowest BCUT2D eigenvalue weighted by molar-refractivity contribution is -0.123. The number of benzene rings is 2. The number of hydrogen-bond acceptors (Lipinski definition) is 5. The summed E-state index contributed by atoms with van der Waals surface area (Å²) in [7, 11) is 3.07. The summed E-state index contributed by atoms with van der Waals surface area (Å²) in [5.41, 5.74) is 1.69. The molecular weight excluding hydrogens is 346 g/mol. The fourth-order valence-corrected chi connectivity index (χ4v) is 2.58. The summed E-state index contributed by atoms with van der Waals surface area (Å²) < 4.78 is 16.0. The van der Waals surface area contributed by atoms with Crippen LogP contribution in [0.25, 0.3) is 0 Å². The molecule has 0 aliphatic heterocycles. The normalized spacial score (nSPS) is 11.8. The lowest BCUT2D eigenvalue weighted by Crippen LogP contribution is -2.32. The molecule has 0 fully saturated rings. The van der Waals surface area contributed by atoms with Gasteiger partial charge in [0.1, 0.15) is 17.2 Å². The van der Waals surface area contributed by atoms with Crippen molar-refractivity contribution in [3.8, 4) is 17.2 Å². The third-order valence-corrected chi connectivity index (χ3v) is 4.18. The van der Waals surface area contributed by atoms with Crippen LogP contribution in [0.5, 0.6) is 17.2 Å². The zero-order valence-corrected chi connectivity index (χ0v) is 16.2. The summed E-state index contributed by atoms with van der Waals surface area (Å²) in [6, 6.07) is 12.8. The van der Waals surface area contributed by atoms with Crippen LogP contribution >= 0.6 is 0 Å². The standard InChI is InChI=1S/C21H27NO5/c1-14(2)15-6-5-7-17(10-15)27-13-21(24)22-12-19(23)18-11-16(25-3)8-9-20(18)26-4/h5-11,14,19,23H,12-13H2,1-4H3,(H,22,24). The molecule has 6 heteroatoms. The average Bonchev–Trinajstić information content (AvgIpc) is 2.70. The van der Waals surface area contributed by atoms with Gasteiger partial charge >= 0.3 is 0 Å². The van der Waals surface area contributed by atoms with Crippen molar-refractivity contribution in [3.05, 3.63) is 53.6 Å². The van der Waals surface area contributed by atoms with E-state index in [1.165, 1.54) is 7.11 Å². The van der Waals surface area contributed by atoms with Gasteiger partial charge in [-0.15, -0.1) is 0 Å². The zero-order chi connectivity index (χ0) is 19.8. The van der Waals surface area contributed by atoms with Crippen molar-refractivity contribution in [3.63, 3.8) is 0 Å². The van der Waals surface area contributed by atoms with Crippen LogP contribution in [0.15, 0.2) is 42.5 Å². The maximum atomic E-state index is 12.0. The van der Waals surface area contributed by atoms with E-state index in [9.17, 15) is 9.90 Å². The van der Waals surface area contributed by atoms with Crippen LogP contribution in [-0.4, -0.2) is 38.4 Å². The topological polar surface area (TPSA) is 77.0 Å². The second-order valence-electron chi connectivity index (χ2n) is 6.44. The molecule has 6 nitrogen and oxygen atoms in total. The molecule has 0 saturated heterocycles. The number of hydrogen-bond donors (Lipinski definition) is 2. The van der Waals surface area contributed by atoms with Crippen molar-refractivity contribution in [2.24, 2.45) is 0 Å². The molecule has 0 radical (unpaired) electrons. The van der Waals surface area contributed by atoms with Crippen LogP contribution in [0.4, 0.5) is 0 Å². The van der Waals surface area contributed by atoms with Gasteiger partial charge < -0.3 is 24.6 Å². The van der Waals surface area contributed by atoms with E-state index in [0.717, 1.165) is 5.56 Å². The molecule has 1 atom stereocenters. The van der Waals surface area contributed by atoms with Crippen LogP contribution < -0.4 is 19.5 Å². The van der Waals surface area contributed by atoms with Crippen molar-refractivity contribution in [1.29, 1.82) is 0 Å². The molecule has 0 bridgehead atoms. The van der Waals surface area contributed by atoms with Gasteiger partial charge in [0.15, 0.2) is 6.61 Å². The molecule has 0 heterocycles. The monoisotopic (exact) mass is 373 g/mol. The molecular formula is C21H27NO5. The first kappa shape index (κ1) is 20.6. The van der Waals surface area contributed by atoms with E-state index in [1.54, 1.807) is 25.3 Å². The summed E-state index contributed by atoms with van der Waals surface area (Å²) in [6.07, 6.45) is -0.928. The smallest absolute Gasteiger partial charge is 0.258 e. The van der Waals surface area contributed by atoms with Crippen molar-refractivity contribution in [2.45, 2.75) is 25.9 Å². The highest BCUT2D eigenvalue weighted by molar-refractivity contribution is 5.77. The Hall–Kier alpha value is -2.73. The number of rotatable bonds is 9. The van der Waals surface area contributed by atoms with Crippen molar-refractivity contribution in [2.75, 3.05) is 27.4 Å². The molecule has 2 rings (SSSR count). The average molecular weight is 373 g/mol. The summed E-state index contributed by atoms with van der Waals surface area (Å²) in [5, 5.41) is 13.1. The Bertz CT molecular complexity index is 760. The highest BCUT2D eigenvalue weighted by Crippen LogP contribution is 2.29. The molecule has 1 unspecified atom stereocenters. The molecule has 2 aromatic carbocycles. The molecule has 1 amide bonds. The maximum Gasteiger partial charge on any atom is 0.258 e. The number of carbonyl (C=O) groups is 1. The summed E-state index contributed by atoms with van der Waals surface area (Å²) >= 11 is 0. The molecule has 0 aliphatic rings. The quantitative estimate of drug-likeness (QED) is 0.706. The largest absolute Gasteiger partial charge is 0.497 e. The minimum Gasteiger partial charge on any atom is -0.497 e. The Morgan fingerprint density at radius 3 is 2.52 bits per heavy atom.